The summed E-state index contributed by atoms with van der Waals surface area (Å²) in [6.07, 6.45) is 3.75. The van der Waals surface area contributed by atoms with Crippen molar-refractivity contribution in [1.29, 1.82) is 0 Å². The molecule has 1 N–H and O–H groups in total. The molecular formula is C18H23NOS. The third kappa shape index (κ3) is 3.14. The fraction of sp³-hybridized carbons (Fsp3) is 0.444. The highest BCUT2D eigenvalue weighted by Gasteiger charge is 2.23. The zero-order valence-electron chi connectivity index (χ0n) is 12.8. The van der Waals surface area contributed by atoms with Gasteiger partial charge < -0.3 is 10.1 Å². The van der Waals surface area contributed by atoms with Gasteiger partial charge in [-0.15, -0.1) is 11.3 Å². The molecule has 2 nitrogen and oxygen atoms in total. The van der Waals surface area contributed by atoms with E-state index in [1.54, 1.807) is 4.88 Å². The fourth-order valence-corrected chi connectivity index (χ4v) is 4.16. The Morgan fingerprint density at radius 2 is 2.19 bits per heavy atom. The van der Waals surface area contributed by atoms with Gasteiger partial charge in [-0.25, -0.2) is 0 Å². The van der Waals surface area contributed by atoms with E-state index in [4.69, 9.17) is 4.74 Å². The summed E-state index contributed by atoms with van der Waals surface area (Å²) < 4.78 is 5.76. The monoisotopic (exact) mass is 301 g/mol. The van der Waals surface area contributed by atoms with Gasteiger partial charge in [0.25, 0.3) is 0 Å². The van der Waals surface area contributed by atoms with Crippen molar-refractivity contribution in [3.05, 3.63) is 51.7 Å². The minimum absolute atomic E-state index is 0.295. The van der Waals surface area contributed by atoms with Crippen molar-refractivity contribution < 1.29 is 4.74 Å². The van der Waals surface area contributed by atoms with Crippen molar-refractivity contribution in [3.8, 4) is 5.75 Å². The molecule has 3 rings (SSSR count). The number of nitrogens with one attached hydrogen (secondary N) is 1. The molecule has 3 heteroatoms. The van der Waals surface area contributed by atoms with Crippen LogP contribution in [0.1, 0.15) is 54.8 Å². The second-order valence-electron chi connectivity index (χ2n) is 5.60. The summed E-state index contributed by atoms with van der Waals surface area (Å²) in [6, 6.07) is 11.4. The van der Waals surface area contributed by atoms with E-state index < -0.39 is 0 Å². The molecule has 1 heterocycles. The molecule has 0 aliphatic heterocycles. The smallest absolute Gasteiger partial charge is 0.124 e. The van der Waals surface area contributed by atoms with Crippen LogP contribution >= 0.6 is 11.3 Å². The summed E-state index contributed by atoms with van der Waals surface area (Å²) in [5, 5.41) is 6.03. The molecule has 0 spiro atoms. The zero-order chi connectivity index (χ0) is 14.7. The predicted octanol–water partition coefficient (Wildman–Crippen LogP) is 4.88. The zero-order valence-corrected chi connectivity index (χ0v) is 13.6. The molecule has 1 aromatic carbocycles. The molecule has 1 aliphatic rings. The van der Waals surface area contributed by atoms with Gasteiger partial charge in [-0.1, -0.05) is 18.2 Å². The molecule has 112 valence electrons. The molecule has 2 unspecified atom stereocenters. The normalized spacial score (nSPS) is 19.0. The molecule has 0 radical (unpaired) electrons. The van der Waals surface area contributed by atoms with E-state index in [1.807, 2.05) is 24.3 Å². The highest BCUT2D eigenvalue weighted by Crippen LogP contribution is 2.35. The highest BCUT2D eigenvalue weighted by atomic mass is 32.1. The lowest BCUT2D eigenvalue weighted by Gasteiger charge is -2.28. The SMILES string of the molecule is CCOc1ccccc1C(C)NC1CCCc2sccc21. The maximum absolute atomic E-state index is 5.76. The molecule has 0 amide bonds. The number of aryl methyl sites for hydroxylation is 1. The molecule has 0 saturated carbocycles. The van der Waals surface area contributed by atoms with E-state index in [-0.39, 0.29) is 0 Å². The van der Waals surface area contributed by atoms with Gasteiger partial charge in [-0.05, 0) is 56.2 Å². The van der Waals surface area contributed by atoms with Crippen LogP contribution in [0.2, 0.25) is 0 Å². The number of fused-ring (bicyclic) bond motifs is 1. The third-order valence-electron chi connectivity index (χ3n) is 4.19. The maximum atomic E-state index is 5.76. The Bertz CT molecular complexity index is 592. The number of rotatable bonds is 5. The molecule has 0 fully saturated rings. The summed E-state index contributed by atoms with van der Waals surface area (Å²) in [4.78, 5) is 1.56. The van der Waals surface area contributed by atoms with Gasteiger partial charge in [0.05, 0.1) is 6.61 Å². The largest absolute Gasteiger partial charge is 0.494 e. The first-order chi connectivity index (χ1) is 10.3. The quantitative estimate of drug-likeness (QED) is 0.850. The van der Waals surface area contributed by atoms with Gasteiger partial charge >= 0.3 is 0 Å². The Morgan fingerprint density at radius 1 is 1.33 bits per heavy atom. The molecule has 2 aromatic rings. The van der Waals surface area contributed by atoms with Gasteiger partial charge in [-0.3, -0.25) is 0 Å². The van der Waals surface area contributed by atoms with Gasteiger partial charge in [-0.2, -0.15) is 0 Å². The fourth-order valence-electron chi connectivity index (χ4n) is 3.18. The van der Waals surface area contributed by atoms with Crippen molar-refractivity contribution in [3.63, 3.8) is 0 Å². The standard InChI is InChI=1S/C18H23NOS/c1-3-20-17-9-5-4-7-14(17)13(2)19-16-8-6-10-18-15(16)11-12-21-18/h4-5,7,9,11-13,16,19H,3,6,8,10H2,1-2H3. The van der Waals surface area contributed by atoms with E-state index in [0.717, 1.165) is 5.75 Å². The van der Waals surface area contributed by atoms with Crippen molar-refractivity contribution in [2.45, 2.75) is 45.2 Å². The van der Waals surface area contributed by atoms with E-state index in [9.17, 15) is 0 Å². The van der Waals surface area contributed by atoms with Crippen LogP contribution in [0.4, 0.5) is 0 Å². The average Bonchev–Trinajstić information content (AvgIpc) is 2.98. The Balaban J connectivity index is 1.77. The number of ether oxygens (including phenoxy) is 1. The molecule has 0 saturated heterocycles. The number of hydrogen-bond donors (Lipinski definition) is 1. The summed E-state index contributed by atoms with van der Waals surface area (Å²) in [5.41, 5.74) is 2.76. The molecule has 0 bridgehead atoms. The lowest BCUT2D eigenvalue weighted by molar-refractivity contribution is 0.328. The van der Waals surface area contributed by atoms with Crippen LogP contribution in [0, 0.1) is 0 Å². The molecule has 21 heavy (non-hydrogen) atoms. The maximum Gasteiger partial charge on any atom is 0.124 e. The number of benzene rings is 1. The summed E-state index contributed by atoms with van der Waals surface area (Å²) in [7, 11) is 0. The Labute approximate surface area is 131 Å². The molecular weight excluding hydrogens is 278 g/mol. The van der Waals surface area contributed by atoms with Gasteiger partial charge in [0, 0.05) is 22.5 Å². The minimum Gasteiger partial charge on any atom is -0.494 e. The van der Waals surface area contributed by atoms with Crippen LogP contribution in [0.5, 0.6) is 5.75 Å². The average molecular weight is 301 g/mol. The first-order valence-electron chi connectivity index (χ1n) is 7.83. The van der Waals surface area contributed by atoms with E-state index >= 15 is 0 Å². The van der Waals surface area contributed by atoms with Crippen LogP contribution in [-0.2, 0) is 6.42 Å². The van der Waals surface area contributed by atoms with Gasteiger partial charge in [0.1, 0.15) is 5.75 Å². The minimum atomic E-state index is 0.295. The van der Waals surface area contributed by atoms with E-state index in [2.05, 4.69) is 41.9 Å². The summed E-state index contributed by atoms with van der Waals surface area (Å²) in [5.74, 6) is 1.00. The topological polar surface area (TPSA) is 21.3 Å². The van der Waals surface area contributed by atoms with Crippen LogP contribution < -0.4 is 10.1 Å². The lowest BCUT2D eigenvalue weighted by Crippen LogP contribution is -2.27. The lowest BCUT2D eigenvalue weighted by atomic mass is 9.92. The molecule has 1 aliphatic carbocycles. The van der Waals surface area contributed by atoms with Gasteiger partial charge in [0.15, 0.2) is 0 Å². The first-order valence-corrected chi connectivity index (χ1v) is 8.71. The number of para-hydroxylation sites is 1. The van der Waals surface area contributed by atoms with Crippen LogP contribution in [0.15, 0.2) is 35.7 Å². The highest BCUT2D eigenvalue weighted by molar-refractivity contribution is 7.10. The van der Waals surface area contributed by atoms with E-state index in [0.29, 0.717) is 18.7 Å². The summed E-state index contributed by atoms with van der Waals surface area (Å²) in [6.45, 7) is 4.98. The van der Waals surface area contributed by atoms with Crippen molar-refractivity contribution in [2.75, 3.05) is 6.61 Å². The van der Waals surface area contributed by atoms with Crippen molar-refractivity contribution in [2.24, 2.45) is 0 Å². The van der Waals surface area contributed by atoms with Crippen LogP contribution in [0.25, 0.3) is 0 Å². The Kier molecular flexibility index (Phi) is 4.61. The number of thiophene rings is 1. The second-order valence-corrected chi connectivity index (χ2v) is 6.60. The van der Waals surface area contributed by atoms with Crippen LogP contribution in [0.3, 0.4) is 0 Å². The summed E-state index contributed by atoms with van der Waals surface area (Å²) >= 11 is 1.90. The first kappa shape index (κ1) is 14.6. The third-order valence-corrected chi connectivity index (χ3v) is 5.18. The van der Waals surface area contributed by atoms with E-state index in [1.165, 1.54) is 30.4 Å². The molecule has 1 aromatic heterocycles. The number of hydrogen-bond acceptors (Lipinski definition) is 3. The predicted molar refractivity (Wildman–Crippen MR) is 89.2 cm³/mol. The van der Waals surface area contributed by atoms with Crippen molar-refractivity contribution in [1.82, 2.24) is 5.32 Å². The second kappa shape index (κ2) is 6.63. The van der Waals surface area contributed by atoms with Crippen LogP contribution in [-0.4, -0.2) is 6.61 Å². The Hall–Kier alpha value is -1.32. The van der Waals surface area contributed by atoms with Crippen molar-refractivity contribution >= 4 is 11.3 Å². The Morgan fingerprint density at radius 3 is 3.05 bits per heavy atom. The van der Waals surface area contributed by atoms with Gasteiger partial charge in [0.2, 0.25) is 0 Å². The molecule has 2 atom stereocenters.